The summed E-state index contributed by atoms with van der Waals surface area (Å²) >= 11 is 3.46. The zero-order chi connectivity index (χ0) is 14.8. The van der Waals surface area contributed by atoms with Crippen LogP contribution in [0.3, 0.4) is 0 Å². The fourth-order valence-electron chi connectivity index (χ4n) is 1.55. The summed E-state index contributed by atoms with van der Waals surface area (Å²) in [6, 6.07) is 5.85. The van der Waals surface area contributed by atoms with Crippen molar-refractivity contribution in [3.63, 3.8) is 0 Å². The van der Waals surface area contributed by atoms with Gasteiger partial charge in [-0.1, -0.05) is 6.07 Å². The Morgan fingerprint density at radius 1 is 1.35 bits per heavy atom. The Morgan fingerprint density at radius 3 is 2.75 bits per heavy atom. The first-order valence-corrected chi connectivity index (χ1v) is 7.26. The number of aromatic nitrogens is 1. The molecule has 1 aromatic heterocycles. The van der Waals surface area contributed by atoms with Crippen LogP contribution in [-0.2, 0) is 6.54 Å². The lowest BCUT2D eigenvalue weighted by molar-refractivity contribution is 0.329. The smallest absolute Gasteiger partial charge is 0.399 e. The van der Waals surface area contributed by atoms with Gasteiger partial charge < -0.3 is 14.5 Å². The molecule has 4 nitrogen and oxygen atoms in total. The van der Waals surface area contributed by atoms with E-state index in [0.717, 1.165) is 15.7 Å². The molecule has 0 aliphatic rings. The molecule has 1 aromatic carbocycles. The molecule has 2 aromatic rings. The molecular weight excluding hydrogens is 320 g/mol. The number of hydrogen-bond acceptors (Lipinski definition) is 4. The summed E-state index contributed by atoms with van der Waals surface area (Å²) in [5.41, 5.74) is 2.02. The van der Waals surface area contributed by atoms with E-state index in [1.165, 1.54) is 0 Å². The van der Waals surface area contributed by atoms with Crippen molar-refractivity contribution in [2.75, 3.05) is 0 Å². The highest BCUT2D eigenvalue weighted by molar-refractivity contribution is 9.10. The molecular formula is C15H19BrN2O2. The molecule has 0 fully saturated rings. The summed E-state index contributed by atoms with van der Waals surface area (Å²) in [6.45, 7) is 8.98. The van der Waals surface area contributed by atoms with Crippen molar-refractivity contribution in [2.24, 2.45) is 0 Å². The first-order valence-electron chi connectivity index (χ1n) is 6.47. The topological polar surface area (TPSA) is 47.3 Å². The third-order valence-corrected chi connectivity index (χ3v) is 3.23. The van der Waals surface area contributed by atoms with Gasteiger partial charge in [0.1, 0.15) is 12.0 Å². The van der Waals surface area contributed by atoms with Gasteiger partial charge in [0.2, 0.25) is 0 Å². The Labute approximate surface area is 127 Å². The Balaban J connectivity index is 2.02. The second-order valence-electron chi connectivity index (χ2n) is 5.74. The fourth-order valence-corrected chi connectivity index (χ4v) is 2.13. The van der Waals surface area contributed by atoms with E-state index in [4.69, 9.17) is 9.15 Å². The van der Waals surface area contributed by atoms with E-state index in [1.54, 1.807) is 6.26 Å². The quantitative estimate of drug-likeness (QED) is 0.895. The molecule has 1 N–H and O–H groups in total. The van der Waals surface area contributed by atoms with E-state index in [9.17, 15) is 0 Å². The molecule has 0 aliphatic carbocycles. The maximum atomic E-state index is 5.62. The predicted molar refractivity (Wildman–Crippen MR) is 82.0 cm³/mol. The second-order valence-corrected chi connectivity index (χ2v) is 6.60. The Morgan fingerprint density at radius 2 is 2.10 bits per heavy atom. The summed E-state index contributed by atoms with van der Waals surface area (Å²) in [7, 11) is 0. The highest BCUT2D eigenvalue weighted by atomic mass is 79.9. The highest BCUT2D eigenvalue weighted by Crippen LogP contribution is 2.29. The van der Waals surface area contributed by atoms with E-state index in [2.05, 4.69) is 47.0 Å². The van der Waals surface area contributed by atoms with Gasteiger partial charge in [0, 0.05) is 12.1 Å². The van der Waals surface area contributed by atoms with Gasteiger partial charge in [0.05, 0.1) is 10.2 Å². The third-order valence-electron chi connectivity index (χ3n) is 2.62. The van der Waals surface area contributed by atoms with E-state index in [0.29, 0.717) is 12.3 Å². The standard InChI is InChI=1S/C15H19BrN2O2/c1-10-5-6-13(12(16)7-10)20-14-18-11(9-19-14)8-17-15(2,3)4/h5-7,9,17H,8H2,1-4H3. The molecule has 0 radical (unpaired) electrons. The number of nitrogens with one attached hydrogen (secondary N) is 1. The van der Waals surface area contributed by atoms with Crippen LogP contribution in [0.1, 0.15) is 32.0 Å². The average Bonchev–Trinajstić information content (AvgIpc) is 2.77. The number of nitrogens with zero attached hydrogens (tertiary/aromatic N) is 1. The molecule has 0 saturated carbocycles. The van der Waals surface area contributed by atoms with Crippen LogP contribution in [-0.4, -0.2) is 10.5 Å². The van der Waals surface area contributed by atoms with Gasteiger partial charge in [-0.2, -0.15) is 4.98 Å². The zero-order valence-electron chi connectivity index (χ0n) is 12.2. The monoisotopic (exact) mass is 338 g/mol. The third kappa shape index (κ3) is 4.35. The summed E-state index contributed by atoms with van der Waals surface area (Å²) in [6.07, 6.45) is 1.86. The van der Waals surface area contributed by atoms with E-state index in [1.807, 2.05) is 25.1 Å². The van der Waals surface area contributed by atoms with Gasteiger partial charge in [-0.3, -0.25) is 0 Å². The van der Waals surface area contributed by atoms with Crippen LogP contribution >= 0.6 is 15.9 Å². The molecule has 108 valence electrons. The van der Waals surface area contributed by atoms with Crippen LogP contribution in [0.4, 0.5) is 0 Å². The minimum atomic E-state index is 0.0416. The summed E-state index contributed by atoms with van der Waals surface area (Å²) in [4.78, 5) is 4.30. The number of rotatable bonds is 4. The van der Waals surface area contributed by atoms with Crippen molar-refractivity contribution in [2.45, 2.75) is 39.8 Å². The second kappa shape index (κ2) is 5.97. The molecule has 0 bridgehead atoms. The number of halogens is 1. The number of benzene rings is 1. The van der Waals surface area contributed by atoms with Crippen molar-refractivity contribution in [3.8, 4) is 11.8 Å². The number of aryl methyl sites for hydroxylation is 1. The normalized spacial score (nSPS) is 11.7. The molecule has 5 heteroatoms. The molecule has 0 saturated heterocycles. The summed E-state index contributed by atoms with van der Waals surface area (Å²) < 4.78 is 11.8. The maximum absolute atomic E-state index is 5.62. The minimum Gasteiger partial charge on any atom is -0.417 e. The zero-order valence-corrected chi connectivity index (χ0v) is 13.7. The largest absolute Gasteiger partial charge is 0.417 e. The highest BCUT2D eigenvalue weighted by Gasteiger charge is 2.12. The van der Waals surface area contributed by atoms with Crippen molar-refractivity contribution in [1.29, 1.82) is 0 Å². The first-order chi connectivity index (χ1) is 9.33. The van der Waals surface area contributed by atoms with Gasteiger partial charge in [0.15, 0.2) is 0 Å². The van der Waals surface area contributed by atoms with Gasteiger partial charge in [-0.05, 0) is 61.3 Å². The molecule has 20 heavy (non-hydrogen) atoms. The van der Waals surface area contributed by atoms with E-state index >= 15 is 0 Å². The fraction of sp³-hybridized carbons (Fsp3) is 0.400. The lowest BCUT2D eigenvalue weighted by atomic mass is 10.1. The summed E-state index contributed by atoms with van der Waals surface area (Å²) in [5, 5.41) is 3.35. The molecule has 1 heterocycles. The van der Waals surface area contributed by atoms with E-state index in [-0.39, 0.29) is 11.6 Å². The van der Waals surface area contributed by atoms with Crippen molar-refractivity contribution < 1.29 is 9.15 Å². The Bertz CT molecular complexity index is 588. The molecule has 0 spiro atoms. The number of oxazole rings is 1. The van der Waals surface area contributed by atoms with Crippen LogP contribution in [0.15, 0.2) is 33.4 Å². The molecule has 0 aliphatic heterocycles. The molecule has 0 unspecified atom stereocenters. The van der Waals surface area contributed by atoms with Crippen LogP contribution < -0.4 is 10.1 Å². The number of hydrogen-bond donors (Lipinski definition) is 1. The van der Waals surface area contributed by atoms with E-state index < -0.39 is 0 Å². The number of ether oxygens (including phenoxy) is 1. The molecule has 0 amide bonds. The molecule has 2 rings (SSSR count). The molecule has 0 atom stereocenters. The predicted octanol–water partition coefficient (Wildman–Crippen LogP) is 4.43. The van der Waals surface area contributed by atoms with Crippen LogP contribution in [0.2, 0.25) is 0 Å². The first kappa shape index (κ1) is 15.1. The van der Waals surface area contributed by atoms with Crippen molar-refractivity contribution in [3.05, 3.63) is 40.2 Å². The van der Waals surface area contributed by atoms with Crippen molar-refractivity contribution >= 4 is 15.9 Å². The van der Waals surface area contributed by atoms with Crippen LogP contribution in [0.5, 0.6) is 11.8 Å². The minimum absolute atomic E-state index is 0.0416. The van der Waals surface area contributed by atoms with Gasteiger partial charge >= 0.3 is 6.08 Å². The van der Waals surface area contributed by atoms with Gasteiger partial charge in [-0.15, -0.1) is 0 Å². The van der Waals surface area contributed by atoms with Gasteiger partial charge in [0.25, 0.3) is 0 Å². The van der Waals surface area contributed by atoms with Crippen LogP contribution in [0, 0.1) is 6.92 Å². The van der Waals surface area contributed by atoms with Crippen LogP contribution in [0.25, 0.3) is 0 Å². The lowest BCUT2D eigenvalue weighted by Crippen LogP contribution is -2.35. The summed E-state index contributed by atoms with van der Waals surface area (Å²) in [5.74, 6) is 0.688. The Kier molecular flexibility index (Phi) is 4.50. The van der Waals surface area contributed by atoms with Crippen molar-refractivity contribution in [1.82, 2.24) is 10.3 Å². The van der Waals surface area contributed by atoms with Gasteiger partial charge in [-0.25, -0.2) is 0 Å². The lowest BCUT2D eigenvalue weighted by Gasteiger charge is -2.19. The maximum Gasteiger partial charge on any atom is 0.399 e. The average molecular weight is 339 g/mol. The SMILES string of the molecule is Cc1ccc(Oc2nc(CNC(C)(C)C)co2)c(Br)c1. The Hall–Kier alpha value is -1.33.